The van der Waals surface area contributed by atoms with Gasteiger partial charge in [-0.2, -0.15) is 5.10 Å². The minimum atomic E-state index is -1.11. The molecule has 7 nitrogen and oxygen atoms in total. The van der Waals surface area contributed by atoms with Crippen molar-refractivity contribution in [2.45, 2.75) is 0 Å². The van der Waals surface area contributed by atoms with Crippen molar-refractivity contribution >= 4 is 28.5 Å². The Bertz CT molecular complexity index is 578. The number of H-pyrrole nitrogens is 1. The van der Waals surface area contributed by atoms with Gasteiger partial charge in [0.25, 0.3) is 0 Å². The molecule has 94 valence electrons. The SMILES string of the molecule is O=C(O)COCC(=O)Nc1cccc2[nH]ncc12. The zero-order chi connectivity index (χ0) is 13.0. The van der Waals surface area contributed by atoms with Crippen LogP contribution in [0.5, 0.6) is 0 Å². The molecule has 0 unspecified atom stereocenters. The highest BCUT2D eigenvalue weighted by atomic mass is 16.5. The first-order chi connectivity index (χ1) is 8.66. The molecule has 1 heterocycles. The zero-order valence-electron chi connectivity index (χ0n) is 9.34. The number of aliphatic carboxylic acids is 1. The van der Waals surface area contributed by atoms with Crippen LogP contribution < -0.4 is 5.32 Å². The number of aromatic amines is 1. The van der Waals surface area contributed by atoms with Crippen LogP contribution in [0.2, 0.25) is 0 Å². The Morgan fingerprint density at radius 3 is 3.00 bits per heavy atom. The van der Waals surface area contributed by atoms with Crippen LogP contribution in [-0.4, -0.2) is 40.4 Å². The van der Waals surface area contributed by atoms with Gasteiger partial charge in [-0.15, -0.1) is 0 Å². The molecule has 0 aliphatic carbocycles. The van der Waals surface area contributed by atoms with Crippen molar-refractivity contribution < 1.29 is 19.4 Å². The van der Waals surface area contributed by atoms with Crippen LogP contribution in [0.4, 0.5) is 5.69 Å². The van der Waals surface area contributed by atoms with E-state index in [1.807, 2.05) is 6.07 Å². The number of carbonyl (C=O) groups is 2. The first-order valence-corrected chi connectivity index (χ1v) is 5.18. The zero-order valence-corrected chi connectivity index (χ0v) is 9.34. The third kappa shape index (κ3) is 2.83. The van der Waals surface area contributed by atoms with Crippen molar-refractivity contribution in [1.82, 2.24) is 10.2 Å². The average Bonchev–Trinajstić information content (AvgIpc) is 2.77. The molecule has 0 spiro atoms. The maximum Gasteiger partial charge on any atom is 0.329 e. The quantitative estimate of drug-likeness (QED) is 0.719. The molecule has 2 rings (SSSR count). The summed E-state index contributed by atoms with van der Waals surface area (Å²) in [6.45, 7) is -0.802. The second kappa shape index (κ2) is 5.28. The van der Waals surface area contributed by atoms with Crippen molar-refractivity contribution in [1.29, 1.82) is 0 Å². The Balaban J connectivity index is 1.98. The Morgan fingerprint density at radius 1 is 1.39 bits per heavy atom. The highest BCUT2D eigenvalue weighted by molar-refractivity contribution is 6.01. The predicted molar refractivity (Wildman–Crippen MR) is 63.2 cm³/mol. The lowest BCUT2D eigenvalue weighted by atomic mass is 10.2. The van der Waals surface area contributed by atoms with Crippen LogP contribution in [-0.2, 0) is 14.3 Å². The summed E-state index contributed by atoms with van der Waals surface area (Å²) in [5.74, 6) is -1.52. The molecule has 0 aliphatic heterocycles. The van der Waals surface area contributed by atoms with Gasteiger partial charge in [0.1, 0.15) is 13.2 Å². The van der Waals surface area contributed by atoms with Crippen LogP contribution in [0.1, 0.15) is 0 Å². The summed E-state index contributed by atoms with van der Waals surface area (Å²) in [6, 6.07) is 5.33. The number of carboxylic acid groups (broad SMARTS) is 1. The van der Waals surface area contributed by atoms with Crippen LogP contribution in [0.15, 0.2) is 24.4 Å². The van der Waals surface area contributed by atoms with E-state index in [9.17, 15) is 9.59 Å². The van der Waals surface area contributed by atoms with Gasteiger partial charge < -0.3 is 15.2 Å². The van der Waals surface area contributed by atoms with E-state index in [0.29, 0.717) is 5.69 Å². The Kier molecular flexibility index (Phi) is 3.54. The standard InChI is InChI=1S/C11H11N3O4/c15-10(5-18-6-11(16)17)13-8-2-1-3-9-7(8)4-12-14-9/h1-4H,5-6H2,(H,12,14)(H,13,15)(H,16,17). The number of carboxylic acids is 1. The highest BCUT2D eigenvalue weighted by Gasteiger charge is 2.07. The molecular weight excluding hydrogens is 238 g/mol. The lowest BCUT2D eigenvalue weighted by Gasteiger charge is -2.05. The minimum Gasteiger partial charge on any atom is -0.480 e. The summed E-state index contributed by atoms with van der Waals surface area (Å²) in [6.07, 6.45) is 1.60. The van der Waals surface area contributed by atoms with Gasteiger partial charge in [-0.3, -0.25) is 9.89 Å². The fourth-order valence-electron chi connectivity index (χ4n) is 1.49. The largest absolute Gasteiger partial charge is 0.480 e. The maximum absolute atomic E-state index is 11.5. The second-order valence-electron chi connectivity index (χ2n) is 3.57. The Hall–Kier alpha value is -2.41. The van der Waals surface area contributed by atoms with Gasteiger partial charge >= 0.3 is 5.97 Å². The lowest BCUT2D eigenvalue weighted by Crippen LogP contribution is -2.20. The van der Waals surface area contributed by atoms with E-state index in [-0.39, 0.29) is 6.61 Å². The summed E-state index contributed by atoms with van der Waals surface area (Å²) in [4.78, 5) is 21.7. The number of anilines is 1. The van der Waals surface area contributed by atoms with Crippen molar-refractivity contribution in [3.05, 3.63) is 24.4 Å². The topological polar surface area (TPSA) is 104 Å². The molecule has 1 aromatic carbocycles. The number of nitrogens with zero attached hydrogens (tertiary/aromatic N) is 1. The number of hydrogen-bond acceptors (Lipinski definition) is 4. The van der Waals surface area contributed by atoms with E-state index >= 15 is 0 Å². The summed E-state index contributed by atoms with van der Waals surface area (Å²) >= 11 is 0. The molecule has 0 saturated heterocycles. The van der Waals surface area contributed by atoms with Crippen molar-refractivity contribution in [3.8, 4) is 0 Å². The third-order valence-electron chi connectivity index (χ3n) is 2.22. The number of nitrogens with one attached hydrogen (secondary N) is 2. The van der Waals surface area contributed by atoms with Gasteiger partial charge in [0.05, 0.1) is 17.4 Å². The van der Waals surface area contributed by atoms with E-state index in [0.717, 1.165) is 10.9 Å². The average molecular weight is 249 g/mol. The van der Waals surface area contributed by atoms with Crippen LogP contribution in [0.25, 0.3) is 10.9 Å². The van der Waals surface area contributed by atoms with E-state index in [1.165, 1.54) is 0 Å². The number of fused-ring (bicyclic) bond motifs is 1. The molecule has 0 bridgehead atoms. The monoisotopic (exact) mass is 249 g/mol. The second-order valence-corrected chi connectivity index (χ2v) is 3.57. The number of carbonyl (C=O) groups excluding carboxylic acids is 1. The van der Waals surface area contributed by atoms with E-state index < -0.39 is 18.5 Å². The normalized spacial score (nSPS) is 10.4. The molecular formula is C11H11N3O4. The molecule has 0 atom stereocenters. The maximum atomic E-state index is 11.5. The molecule has 0 aliphatic rings. The number of amides is 1. The Morgan fingerprint density at radius 2 is 2.22 bits per heavy atom. The summed E-state index contributed by atoms with van der Waals surface area (Å²) < 4.78 is 4.69. The lowest BCUT2D eigenvalue weighted by molar-refractivity contribution is -0.143. The molecule has 1 aromatic heterocycles. The summed E-state index contributed by atoms with van der Waals surface area (Å²) in [5, 5.41) is 18.4. The molecule has 3 N–H and O–H groups in total. The molecule has 0 radical (unpaired) electrons. The number of rotatable bonds is 5. The third-order valence-corrected chi connectivity index (χ3v) is 2.22. The number of hydrogen-bond donors (Lipinski definition) is 3. The summed E-state index contributed by atoms with van der Waals surface area (Å²) in [5.41, 5.74) is 1.41. The number of benzene rings is 1. The molecule has 1 amide bonds. The van der Waals surface area contributed by atoms with Crippen LogP contribution in [0, 0.1) is 0 Å². The first-order valence-electron chi connectivity index (χ1n) is 5.18. The fraction of sp³-hybridized carbons (Fsp3) is 0.182. The smallest absolute Gasteiger partial charge is 0.329 e. The van der Waals surface area contributed by atoms with Crippen molar-refractivity contribution in [2.24, 2.45) is 0 Å². The van der Waals surface area contributed by atoms with Gasteiger partial charge in [0.2, 0.25) is 5.91 Å². The van der Waals surface area contributed by atoms with E-state index in [1.54, 1.807) is 18.3 Å². The van der Waals surface area contributed by atoms with Gasteiger partial charge in [0, 0.05) is 5.39 Å². The van der Waals surface area contributed by atoms with Crippen LogP contribution >= 0.6 is 0 Å². The first kappa shape index (κ1) is 12.1. The van der Waals surface area contributed by atoms with Crippen molar-refractivity contribution in [2.75, 3.05) is 18.5 Å². The van der Waals surface area contributed by atoms with Crippen LogP contribution in [0.3, 0.4) is 0 Å². The predicted octanol–water partition coefficient (Wildman–Crippen LogP) is 0.603. The highest BCUT2D eigenvalue weighted by Crippen LogP contribution is 2.20. The van der Waals surface area contributed by atoms with Gasteiger partial charge in [0.15, 0.2) is 0 Å². The number of aromatic nitrogens is 2. The molecule has 7 heteroatoms. The van der Waals surface area contributed by atoms with Gasteiger partial charge in [-0.05, 0) is 12.1 Å². The summed E-state index contributed by atoms with van der Waals surface area (Å²) in [7, 11) is 0. The molecule has 18 heavy (non-hydrogen) atoms. The van der Waals surface area contributed by atoms with Crippen molar-refractivity contribution in [3.63, 3.8) is 0 Å². The minimum absolute atomic E-state index is 0.305. The molecule has 0 fully saturated rings. The fourth-order valence-corrected chi connectivity index (χ4v) is 1.49. The number of ether oxygens (including phenoxy) is 1. The molecule has 2 aromatic rings. The van der Waals surface area contributed by atoms with Gasteiger partial charge in [-0.1, -0.05) is 6.07 Å². The van der Waals surface area contributed by atoms with E-state index in [4.69, 9.17) is 5.11 Å². The van der Waals surface area contributed by atoms with Gasteiger partial charge in [-0.25, -0.2) is 4.79 Å². The Labute approximate surface area is 102 Å². The van der Waals surface area contributed by atoms with E-state index in [2.05, 4.69) is 20.3 Å². The molecule has 0 saturated carbocycles.